The Bertz CT molecular complexity index is 796. The van der Waals surface area contributed by atoms with Crippen molar-refractivity contribution in [2.45, 2.75) is 13.0 Å². The maximum absolute atomic E-state index is 12.1. The molecule has 124 valence electrons. The zero-order valence-electron chi connectivity index (χ0n) is 13.3. The fraction of sp³-hybridized carbons (Fsp3) is 0.222. The summed E-state index contributed by atoms with van der Waals surface area (Å²) in [6.45, 7) is 1.54. The van der Waals surface area contributed by atoms with Crippen molar-refractivity contribution in [1.29, 1.82) is 0 Å². The summed E-state index contributed by atoms with van der Waals surface area (Å²) in [5.74, 6) is -1.31. The lowest BCUT2D eigenvalue weighted by Gasteiger charge is -2.22. The van der Waals surface area contributed by atoms with Crippen LogP contribution in [0, 0.1) is 0 Å². The number of benzene rings is 1. The summed E-state index contributed by atoms with van der Waals surface area (Å²) in [5, 5.41) is 12.7. The third-order valence-corrected chi connectivity index (χ3v) is 5.06. The fourth-order valence-electron chi connectivity index (χ4n) is 2.74. The Balaban J connectivity index is 1.81. The van der Waals surface area contributed by atoms with Gasteiger partial charge in [-0.25, -0.2) is 4.79 Å². The van der Waals surface area contributed by atoms with Gasteiger partial charge >= 0.3 is 5.97 Å². The topological polar surface area (TPSA) is 69.6 Å². The van der Waals surface area contributed by atoms with Crippen molar-refractivity contribution in [1.82, 2.24) is 4.90 Å². The molecule has 0 spiro atoms. The zero-order valence-corrected chi connectivity index (χ0v) is 14.1. The number of anilines is 1. The highest BCUT2D eigenvalue weighted by Crippen LogP contribution is 2.36. The van der Waals surface area contributed by atoms with Gasteiger partial charge in [0.15, 0.2) is 0 Å². The molecular formula is C18H18N2O3S. The van der Waals surface area contributed by atoms with Crippen LogP contribution in [0.25, 0.3) is 6.08 Å². The van der Waals surface area contributed by atoms with Crippen LogP contribution in [-0.2, 0) is 17.8 Å². The van der Waals surface area contributed by atoms with Crippen molar-refractivity contribution < 1.29 is 14.7 Å². The van der Waals surface area contributed by atoms with E-state index in [4.69, 9.17) is 0 Å². The average molecular weight is 342 g/mol. The first-order chi connectivity index (χ1) is 11.5. The number of rotatable bonds is 4. The van der Waals surface area contributed by atoms with E-state index in [9.17, 15) is 14.7 Å². The largest absolute Gasteiger partial charge is 0.478 e. The highest BCUT2D eigenvalue weighted by Gasteiger charge is 2.27. The number of thiophene rings is 1. The highest BCUT2D eigenvalue weighted by atomic mass is 32.1. The number of nitrogens with zero attached hydrogens (tertiary/aromatic N) is 1. The first-order valence-electron chi connectivity index (χ1n) is 7.65. The van der Waals surface area contributed by atoms with Gasteiger partial charge in [-0.15, -0.1) is 11.3 Å². The van der Waals surface area contributed by atoms with E-state index in [0.29, 0.717) is 11.4 Å². The van der Waals surface area contributed by atoms with Crippen LogP contribution < -0.4 is 5.32 Å². The first-order valence-corrected chi connectivity index (χ1v) is 8.46. The van der Waals surface area contributed by atoms with Crippen molar-refractivity contribution in [3.05, 3.63) is 58.0 Å². The van der Waals surface area contributed by atoms with Gasteiger partial charge in [0.1, 0.15) is 5.00 Å². The SMILES string of the molecule is CN1CCc2c(sc(NC(=O)/C=C/c3ccccc3)c2C(=O)O)C1. The quantitative estimate of drug-likeness (QED) is 0.838. The average Bonchev–Trinajstić information content (AvgIpc) is 2.90. The molecule has 0 saturated heterocycles. The van der Waals surface area contributed by atoms with Crippen LogP contribution >= 0.6 is 11.3 Å². The number of amides is 1. The van der Waals surface area contributed by atoms with Gasteiger partial charge in [0, 0.05) is 24.0 Å². The van der Waals surface area contributed by atoms with Gasteiger partial charge in [0.25, 0.3) is 0 Å². The maximum Gasteiger partial charge on any atom is 0.339 e. The van der Waals surface area contributed by atoms with Crippen LogP contribution in [0.1, 0.15) is 26.4 Å². The van der Waals surface area contributed by atoms with Crippen LogP contribution in [0.5, 0.6) is 0 Å². The molecule has 24 heavy (non-hydrogen) atoms. The van der Waals surface area contributed by atoms with E-state index in [1.54, 1.807) is 6.08 Å². The van der Waals surface area contributed by atoms with E-state index in [2.05, 4.69) is 10.2 Å². The summed E-state index contributed by atoms with van der Waals surface area (Å²) in [6.07, 6.45) is 3.82. The lowest BCUT2D eigenvalue weighted by Crippen LogP contribution is -2.26. The Hall–Kier alpha value is -2.44. The van der Waals surface area contributed by atoms with Crippen molar-refractivity contribution >= 4 is 34.3 Å². The number of aromatic carboxylic acids is 1. The number of carbonyl (C=O) groups excluding carboxylic acids is 1. The van der Waals surface area contributed by atoms with Gasteiger partial charge in [0.2, 0.25) is 5.91 Å². The van der Waals surface area contributed by atoms with Gasteiger partial charge in [-0.2, -0.15) is 0 Å². The predicted octanol–water partition coefficient (Wildman–Crippen LogP) is 3.09. The summed E-state index contributed by atoms with van der Waals surface area (Å²) >= 11 is 1.36. The molecule has 0 atom stereocenters. The number of nitrogens with one attached hydrogen (secondary N) is 1. The zero-order chi connectivity index (χ0) is 17.1. The monoisotopic (exact) mass is 342 g/mol. The van der Waals surface area contributed by atoms with Crippen molar-refractivity contribution in [3.8, 4) is 0 Å². The minimum Gasteiger partial charge on any atom is -0.478 e. The minimum atomic E-state index is -0.987. The molecule has 0 radical (unpaired) electrons. The molecule has 1 aliphatic rings. The number of likely N-dealkylation sites (N-methyl/N-ethyl adjacent to an activating group) is 1. The molecule has 1 amide bonds. The highest BCUT2D eigenvalue weighted by molar-refractivity contribution is 7.17. The second kappa shape index (κ2) is 6.98. The Kier molecular flexibility index (Phi) is 4.78. The molecule has 2 N–H and O–H groups in total. The molecule has 3 rings (SSSR count). The van der Waals surface area contributed by atoms with E-state index >= 15 is 0 Å². The molecule has 1 aliphatic heterocycles. The molecule has 0 fully saturated rings. The van der Waals surface area contributed by atoms with E-state index in [0.717, 1.165) is 29.1 Å². The minimum absolute atomic E-state index is 0.240. The molecule has 0 saturated carbocycles. The molecule has 0 bridgehead atoms. The third-order valence-electron chi connectivity index (χ3n) is 3.93. The Labute approximate surface area is 144 Å². The standard InChI is InChI=1S/C18H18N2O3S/c1-20-10-9-13-14(11-20)24-17(16(13)18(22)23)19-15(21)8-7-12-5-3-2-4-6-12/h2-8H,9-11H2,1H3,(H,19,21)(H,22,23)/b8-7+. The van der Waals surface area contributed by atoms with Crippen molar-refractivity contribution in [3.63, 3.8) is 0 Å². The molecule has 0 aliphatic carbocycles. The lowest BCUT2D eigenvalue weighted by molar-refractivity contribution is -0.111. The summed E-state index contributed by atoms with van der Waals surface area (Å²) in [6, 6.07) is 9.48. The van der Waals surface area contributed by atoms with Crippen molar-refractivity contribution in [2.75, 3.05) is 18.9 Å². The normalized spacial score (nSPS) is 14.5. The molecule has 2 aromatic rings. The van der Waals surface area contributed by atoms with E-state index in [-0.39, 0.29) is 11.5 Å². The van der Waals surface area contributed by atoms with Crippen LogP contribution in [0.15, 0.2) is 36.4 Å². The van der Waals surface area contributed by atoms with E-state index < -0.39 is 5.97 Å². The second-order valence-electron chi connectivity index (χ2n) is 5.73. The van der Waals surface area contributed by atoms with E-state index in [1.807, 2.05) is 37.4 Å². The summed E-state index contributed by atoms with van der Waals surface area (Å²) in [5.41, 5.74) is 2.01. The molecular weight excluding hydrogens is 324 g/mol. The number of carbonyl (C=O) groups is 2. The van der Waals surface area contributed by atoms with Gasteiger partial charge in [-0.1, -0.05) is 30.3 Å². The fourth-order valence-corrected chi connectivity index (χ4v) is 4.06. The van der Waals surface area contributed by atoms with E-state index in [1.165, 1.54) is 17.4 Å². The molecule has 6 heteroatoms. The Morgan fingerprint density at radius 3 is 2.75 bits per heavy atom. The van der Waals surface area contributed by atoms with Crippen LogP contribution in [-0.4, -0.2) is 35.5 Å². The Morgan fingerprint density at radius 2 is 2.04 bits per heavy atom. The lowest BCUT2D eigenvalue weighted by atomic mass is 10.0. The van der Waals surface area contributed by atoms with Gasteiger partial charge < -0.3 is 15.3 Å². The van der Waals surface area contributed by atoms with Gasteiger partial charge in [0.05, 0.1) is 5.56 Å². The number of carboxylic acids is 1. The number of hydrogen-bond acceptors (Lipinski definition) is 4. The summed E-state index contributed by atoms with van der Waals surface area (Å²) < 4.78 is 0. The predicted molar refractivity (Wildman–Crippen MR) is 95.4 cm³/mol. The molecule has 0 unspecified atom stereocenters. The number of hydrogen-bond donors (Lipinski definition) is 2. The number of carboxylic acid groups (broad SMARTS) is 1. The molecule has 2 heterocycles. The second-order valence-corrected chi connectivity index (χ2v) is 6.84. The van der Waals surface area contributed by atoms with Crippen molar-refractivity contribution in [2.24, 2.45) is 0 Å². The smallest absolute Gasteiger partial charge is 0.339 e. The van der Waals surface area contributed by atoms with Crippen LogP contribution in [0.2, 0.25) is 0 Å². The summed E-state index contributed by atoms with van der Waals surface area (Å²) in [4.78, 5) is 26.9. The first kappa shape index (κ1) is 16.4. The molecule has 1 aromatic carbocycles. The third kappa shape index (κ3) is 3.55. The summed E-state index contributed by atoms with van der Waals surface area (Å²) in [7, 11) is 2.00. The number of fused-ring (bicyclic) bond motifs is 1. The van der Waals surface area contributed by atoms with Gasteiger partial charge in [-0.05, 0) is 30.7 Å². The van der Waals surface area contributed by atoms with Crippen LogP contribution in [0.4, 0.5) is 5.00 Å². The Morgan fingerprint density at radius 1 is 1.29 bits per heavy atom. The molecule has 5 nitrogen and oxygen atoms in total. The van der Waals surface area contributed by atoms with Gasteiger partial charge in [-0.3, -0.25) is 4.79 Å². The van der Waals surface area contributed by atoms with Crippen LogP contribution in [0.3, 0.4) is 0 Å². The molecule has 1 aromatic heterocycles. The maximum atomic E-state index is 12.1.